The van der Waals surface area contributed by atoms with Crippen LogP contribution in [0.2, 0.25) is 5.02 Å². The molecule has 6 nitrogen and oxygen atoms in total. The molecule has 33 heavy (non-hydrogen) atoms. The van der Waals surface area contributed by atoms with Gasteiger partial charge in [-0.15, -0.1) is 0 Å². The molecule has 4 aromatic rings. The molecule has 1 unspecified atom stereocenters. The third kappa shape index (κ3) is 4.89. The van der Waals surface area contributed by atoms with Gasteiger partial charge in [0.25, 0.3) is 5.56 Å². The normalized spacial score (nSPS) is 11.9. The lowest BCUT2D eigenvalue weighted by Crippen LogP contribution is -2.26. The van der Waals surface area contributed by atoms with Crippen molar-refractivity contribution in [1.82, 2.24) is 9.55 Å². The number of aromatic nitrogens is 2. The number of amides is 1. The number of carbonyl (C=O) groups is 1. The molecule has 1 heterocycles. The van der Waals surface area contributed by atoms with Gasteiger partial charge in [0, 0.05) is 5.02 Å². The summed E-state index contributed by atoms with van der Waals surface area (Å²) < 4.78 is 6.86. The summed E-state index contributed by atoms with van der Waals surface area (Å²) in [5.41, 5.74) is 2.65. The van der Waals surface area contributed by atoms with Gasteiger partial charge >= 0.3 is 0 Å². The van der Waals surface area contributed by atoms with Gasteiger partial charge in [0.1, 0.15) is 5.75 Å². The Morgan fingerprint density at radius 2 is 1.85 bits per heavy atom. The minimum atomic E-state index is -0.557. The van der Waals surface area contributed by atoms with E-state index in [4.69, 9.17) is 21.3 Å². The Balaban J connectivity index is 1.71. The van der Waals surface area contributed by atoms with Crippen molar-refractivity contribution >= 4 is 45.9 Å². The van der Waals surface area contributed by atoms with E-state index in [1.54, 1.807) is 41.8 Å². The number of halogens is 1. The molecule has 8 heteroatoms. The first kappa shape index (κ1) is 22.9. The summed E-state index contributed by atoms with van der Waals surface area (Å²) in [6.07, 6.45) is 0. The predicted octanol–water partition coefficient (Wildman–Crippen LogP) is 5.48. The van der Waals surface area contributed by atoms with Crippen molar-refractivity contribution in [3.05, 3.63) is 87.7 Å². The van der Waals surface area contributed by atoms with Crippen LogP contribution in [-0.4, -0.2) is 27.8 Å². The molecule has 0 aliphatic rings. The molecule has 3 aromatic carbocycles. The summed E-state index contributed by atoms with van der Waals surface area (Å²) in [7, 11) is 1.52. The van der Waals surface area contributed by atoms with Crippen molar-refractivity contribution in [2.75, 3.05) is 12.4 Å². The number of carbonyl (C=O) groups excluding carboxylic acids is 1. The lowest BCUT2D eigenvalue weighted by atomic mass is 10.2. The number of thioether (sulfide) groups is 1. The highest BCUT2D eigenvalue weighted by atomic mass is 35.5. The number of para-hydroxylation sites is 1. The van der Waals surface area contributed by atoms with Crippen LogP contribution in [0.1, 0.15) is 12.5 Å². The molecule has 0 radical (unpaired) electrons. The maximum atomic E-state index is 13.4. The number of ether oxygens (including phenoxy) is 1. The van der Waals surface area contributed by atoms with Crippen molar-refractivity contribution in [1.29, 1.82) is 0 Å². The van der Waals surface area contributed by atoms with Crippen molar-refractivity contribution < 1.29 is 9.53 Å². The molecule has 0 saturated carbocycles. The van der Waals surface area contributed by atoms with Gasteiger partial charge in [-0.3, -0.25) is 14.2 Å². The standard InChI is InChI=1S/C25H22ClN3O3S/c1-15-8-11-18(12-9-15)29-24(31)19-6-4-5-7-20(19)28-25(29)33-16(2)23(30)27-21-14-17(26)10-13-22(21)32-3/h4-14,16H,1-3H3,(H,27,30). The number of anilines is 1. The molecule has 0 aliphatic carbocycles. The number of nitrogens with one attached hydrogen (secondary N) is 1. The quantitative estimate of drug-likeness (QED) is 0.293. The van der Waals surface area contributed by atoms with Crippen molar-refractivity contribution in [3.8, 4) is 11.4 Å². The second-order valence-electron chi connectivity index (χ2n) is 7.48. The third-order valence-electron chi connectivity index (χ3n) is 5.11. The summed E-state index contributed by atoms with van der Waals surface area (Å²) in [4.78, 5) is 31.1. The van der Waals surface area contributed by atoms with Crippen LogP contribution >= 0.6 is 23.4 Å². The average Bonchev–Trinajstić information content (AvgIpc) is 2.80. The fourth-order valence-electron chi connectivity index (χ4n) is 3.34. The van der Waals surface area contributed by atoms with Crippen LogP contribution in [0.3, 0.4) is 0 Å². The fourth-order valence-corrected chi connectivity index (χ4v) is 4.44. The molecule has 1 atom stereocenters. The molecule has 0 fully saturated rings. The van der Waals surface area contributed by atoms with Crippen molar-refractivity contribution in [2.24, 2.45) is 0 Å². The molecule has 0 saturated heterocycles. The lowest BCUT2D eigenvalue weighted by Gasteiger charge is -2.17. The van der Waals surface area contributed by atoms with Gasteiger partial charge in [-0.1, -0.05) is 53.2 Å². The highest BCUT2D eigenvalue weighted by molar-refractivity contribution is 8.00. The number of hydrogen-bond acceptors (Lipinski definition) is 5. The average molecular weight is 480 g/mol. The maximum Gasteiger partial charge on any atom is 0.266 e. The smallest absolute Gasteiger partial charge is 0.266 e. The number of fused-ring (bicyclic) bond motifs is 1. The maximum absolute atomic E-state index is 13.4. The summed E-state index contributed by atoms with van der Waals surface area (Å²) in [6, 6.07) is 19.8. The van der Waals surface area contributed by atoms with Gasteiger partial charge in [-0.05, 0) is 56.3 Å². The topological polar surface area (TPSA) is 73.2 Å². The number of nitrogens with zero attached hydrogens (tertiary/aromatic N) is 2. The molecule has 0 aliphatic heterocycles. The van der Waals surface area contributed by atoms with Gasteiger partial charge in [0.15, 0.2) is 5.16 Å². The number of methoxy groups -OCH3 is 1. The molecule has 0 spiro atoms. The highest BCUT2D eigenvalue weighted by Crippen LogP contribution is 2.30. The summed E-state index contributed by atoms with van der Waals surface area (Å²) in [6.45, 7) is 3.75. The van der Waals surface area contributed by atoms with Gasteiger partial charge in [0.2, 0.25) is 5.91 Å². The number of rotatable bonds is 6. The van der Waals surface area contributed by atoms with Crippen LogP contribution in [0.15, 0.2) is 76.7 Å². The van der Waals surface area contributed by atoms with Crippen LogP contribution in [-0.2, 0) is 4.79 Å². The number of aryl methyl sites for hydroxylation is 1. The Morgan fingerprint density at radius 1 is 1.12 bits per heavy atom. The van der Waals surface area contributed by atoms with E-state index in [0.717, 1.165) is 5.56 Å². The first-order valence-electron chi connectivity index (χ1n) is 10.3. The second-order valence-corrected chi connectivity index (χ2v) is 9.23. The molecule has 1 aromatic heterocycles. The minimum Gasteiger partial charge on any atom is -0.495 e. The van der Waals surface area contributed by atoms with E-state index in [1.165, 1.54) is 18.9 Å². The van der Waals surface area contributed by atoms with Gasteiger partial charge < -0.3 is 10.1 Å². The number of benzene rings is 3. The van der Waals surface area contributed by atoms with Gasteiger partial charge in [-0.25, -0.2) is 4.98 Å². The van der Waals surface area contributed by atoms with Crippen molar-refractivity contribution in [2.45, 2.75) is 24.3 Å². The zero-order valence-electron chi connectivity index (χ0n) is 18.3. The van der Waals surface area contributed by atoms with Crippen LogP contribution < -0.4 is 15.6 Å². The molecule has 1 amide bonds. The van der Waals surface area contributed by atoms with E-state index < -0.39 is 5.25 Å². The van der Waals surface area contributed by atoms with Crippen LogP contribution in [0.25, 0.3) is 16.6 Å². The van der Waals surface area contributed by atoms with Crippen LogP contribution in [0.5, 0.6) is 5.75 Å². The highest BCUT2D eigenvalue weighted by Gasteiger charge is 2.21. The SMILES string of the molecule is COc1ccc(Cl)cc1NC(=O)C(C)Sc1nc2ccccc2c(=O)n1-c1ccc(C)cc1. The fraction of sp³-hybridized carbons (Fsp3) is 0.160. The minimum absolute atomic E-state index is 0.184. The van der Waals surface area contributed by atoms with Crippen LogP contribution in [0.4, 0.5) is 5.69 Å². The third-order valence-corrected chi connectivity index (χ3v) is 6.40. The first-order valence-corrected chi connectivity index (χ1v) is 11.5. The Morgan fingerprint density at radius 3 is 2.58 bits per heavy atom. The van der Waals surface area contributed by atoms with Gasteiger partial charge in [-0.2, -0.15) is 0 Å². The zero-order chi connectivity index (χ0) is 23.5. The first-order chi connectivity index (χ1) is 15.9. The van der Waals surface area contributed by atoms with E-state index in [-0.39, 0.29) is 11.5 Å². The van der Waals surface area contributed by atoms with E-state index in [9.17, 15) is 9.59 Å². The molecule has 0 bridgehead atoms. The summed E-state index contributed by atoms with van der Waals surface area (Å²) in [5.74, 6) is 0.240. The Hall–Kier alpha value is -3.29. The van der Waals surface area contributed by atoms with E-state index in [0.29, 0.717) is 38.2 Å². The molecule has 1 N–H and O–H groups in total. The molecular weight excluding hydrogens is 458 g/mol. The summed E-state index contributed by atoms with van der Waals surface area (Å²) >= 11 is 7.29. The lowest BCUT2D eigenvalue weighted by molar-refractivity contribution is -0.115. The second kappa shape index (κ2) is 9.68. The predicted molar refractivity (Wildman–Crippen MR) is 134 cm³/mol. The molecular formula is C25H22ClN3O3S. The molecule has 168 valence electrons. The van der Waals surface area contributed by atoms with E-state index in [2.05, 4.69) is 5.32 Å². The van der Waals surface area contributed by atoms with Gasteiger partial charge in [0.05, 0.1) is 34.6 Å². The largest absolute Gasteiger partial charge is 0.495 e. The van der Waals surface area contributed by atoms with E-state index in [1.807, 2.05) is 43.3 Å². The zero-order valence-corrected chi connectivity index (χ0v) is 19.9. The van der Waals surface area contributed by atoms with E-state index >= 15 is 0 Å². The Bertz CT molecular complexity index is 1390. The Kier molecular flexibility index (Phi) is 6.72. The monoisotopic (exact) mass is 479 g/mol. The summed E-state index contributed by atoms with van der Waals surface area (Å²) in [5, 5.41) is 3.73. The Labute approximate surface area is 200 Å². The number of hydrogen-bond donors (Lipinski definition) is 1. The van der Waals surface area contributed by atoms with Crippen molar-refractivity contribution in [3.63, 3.8) is 0 Å². The molecule has 4 rings (SSSR count). The van der Waals surface area contributed by atoms with Crippen LogP contribution in [0, 0.1) is 6.92 Å².